The molecule has 0 aliphatic rings. The molecule has 0 saturated carbocycles. The Morgan fingerprint density at radius 1 is 1.42 bits per heavy atom. The minimum absolute atomic E-state index is 0.360. The summed E-state index contributed by atoms with van der Waals surface area (Å²) in [6.07, 6.45) is 4.75. The molecule has 0 bridgehead atoms. The number of aromatic nitrogens is 2. The zero-order chi connectivity index (χ0) is 13.7. The number of nitrogens with two attached hydrogens (primary N) is 1. The molecule has 0 aliphatic heterocycles. The molecule has 1 heterocycles. The highest BCUT2D eigenvalue weighted by Gasteiger charge is 2.04. The third-order valence-electron chi connectivity index (χ3n) is 2.70. The van der Waals surface area contributed by atoms with E-state index >= 15 is 0 Å². The van der Waals surface area contributed by atoms with Crippen molar-refractivity contribution < 1.29 is 4.74 Å². The van der Waals surface area contributed by atoms with E-state index in [1.54, 1.807) is 0 Å². The van der Waals surface area contributed by atoms with Gasteiger partial charge in [0.05, 0.1) is 18.4 Å². The number of para-hydroxylation sites is 1. The molecule has 2 aromatic rings. The van der Waals surface area contributed by atoms with Crippen molar-refractivity contribution in [2.45, 2.75) is 19.9 Å². The first-order valence-corrected chi connectivity index (χ1v) is 6.58. The van der Waals surface area contributed by atoms with E-state index in [-0.39, 0.29) is 0 Å². The van der Waals surface area contributed by atoms with Crippen molar-refractivity contribution in [1.29, 1.82) is 0 Å². The highest BCUT2D eigenvalue weighted by atomic mass is 32.1. The normalized spacial score (nSPS) is 10.4. The van der Waals surface area contributed by atoms with Gasteiger partial charge in [0.15, 0.2) is 0 Å². The van der Waals surface area contributed by atoms with Crippen LogP contribution >= 0.6 is 12.2 Å². The first-order valence-electron chi connectivity index (χ1n) is 6.17. The monoisotopic (exact) mass is 275 g/mol. The quantitative estimate of drug-likeness (QED) is 0.649. The lowest BCUT2D eigenvalue weighted by Gasteiger charge is -2.10. The smallest absolute Gasteiger partial charge is 0.129 e. The number of nitrogens with zero attached hydrogens (tertiary/aromatic N) is 2. The molecule has 0 unspecified atom stereocenters. The van der Waals surface area contributed by atoms with E-state index < -0.39 is 0 Å². The summed E-state index contributed by atoms with van der Waals surface area (Å²) in [5.41, 5.74) is 7.60. The van der Waals surface area contributed by atoms with Gasteiger partial charge in [-0.2, -0.15) is 5.10 Å². The summed E-state index contributed by atoms with van der Waals surface area (Å²) in [5, 5.41) is 4.23. The van der Waals surface area contributed by atoms with E-state index in [0.29, 0.717) is 11.6 Å². The Bertz CT molecular complexity index is 565. The summed E-state index contributed by atoms with van der Waals surface area (Å²) >= 11 is 4.99. The highest BCUT2D eigenvalue weighted by Crippen LogP contribution is 2.17. The highest BCUT2D eigenvalue weighted by molar-refractivity contribution is 7.80. The van der Waals surface area contributed by atoms with Gasteiger partial charge in [0, 0.05) is 19.2 Å². The fraction of sp³-hybridized carbons (Fsp3) is 0.286. The molecule has 0 fully saturated rings. The van der Waals surface area contributed by atoms with Crippen LogP contribution in [0.15, 0.2) is 36.7 Å². The molecule has 1 aromatic heterocycles. The second kappa shape index (κ2) is 6.33. The average molecular weight is 275 g/mol. The van der Waals surface area contributed by atoms with Crippen molar-refractivity contribution in [3.8, 4) is 5.75 Å². The standard InChI is InChI=1S/C14H17N3OS/c1-11-9-16-17(10-11)7-4-8-18-13-6-3-2-5-12(13)14(15)19/h2-3,5-6,9-10H,4,7-8H2,1H3,(H2,15,19). The summed E-state index contributed by atoms with van der Waals surface area (Å²) in [7, 11) is 0. The van der Waals surface area contributed by atoms with Gasteiger partial charge in [-0.3, -0.25) is 4.68 Å². The summed E-state index contributed by atoms with van der Waals surface area (Å²) in [6.45, 7) is 3.47. The third kappa shape index (κ3) is 3.79. The molecular formula is C14H17N3OS. The van der Waals surface area contributed by atoms with E-state index in [2.05, 4.69) is 5.10 Å². The van der Waals surface area contributed by atoms with Crippen molar-refractivity contribution >= 4 is 17.2 Å². The van der Waals surface area contributed by atoms with Crippen LogP contribution in [0, 0.1) is 6.92 Å². The van der Waals surface area contributed by atoms with Gasteiger partial charge in [0.1, 0.15) is 10.7 Å². The Morgan fingerprint density at radius 2 is 2.21 bits per heavy atom. The maximum Gasteiger partial charge on any atom is 0.129 e. The van der Waals surface area contributed by atoms with Gasteiger partial charge in [-0.25, -0.2) is 0 Å². The summed E-state index contributed by atoms with van der Waals surface area (Å²) in [5.74, 6) is 0.742. The maximum absolute atomic E-state index is 5.72. The summed E-state index contributed by atoms with van der Waals surface area (Å²) in [4.78, 5) is 0.360. The SMILES string of the molecule is Cc1cnn(CCCOc2ccccc2C(N)=S)c1. The molecular weight excluding hydrogens is 258 g/mol. The molecule has 2 rings (SSSR count). The predicted octanol–water partition coefficient (Wildman–Crippen LogP) is 2.29. The second-order valence-electron chi connectivity index (χ2n) is 4.34. The van der Waals surface area contributed by atoms with Crippen LogP contribution in [0.5, 0.6) is 5.75 Å². The Hall–Kier alpha value is -1.88. The number of aryl methyl sites for hydroxylation is 2. The number of thiocarbonyl (C=S) groups is 1. The Labute approximate surface area is 118 Å². The fourth-order valence-electron chi connectivity index (χ4n) is 1.79. The second-order valence-corrected chi connectivity index (χ2v) is 4.78. The minimum atomic E-state index is 0.360. The minimum Gasteiger partial charge on any atom is -0.493 e. The number of hydrogen-bond acceptors (Lipinski definition) is 3. The molecule has 0 spiro atoms. The molecule has 19 heavy (non-hydrogen) atoms. The summed E-state index contributed by atoms with van der Waals surface area (Å²) < 4.78 is 7.63. The Kier molecular flexibility index (Phi) is 4.52. The van der Waals surface area contributed by atoms with Crippen LogP contribution in [0.2, 0.25) is 0 Å². The van der Waals surface area contributed by atoms with Gasteiger partial charge >= 0.3 is 0 Å². The van der Waals surface area contributed by atoms with Gasteiger partial charge < -0.3 is 10.5 Å². The number of hydrogen-bond donors (Lipinski definition) is 1. The van der Waals surface area contributed by atoms with E-state index in [1.165, 1.54) is 5.56 Å². The Balaban J connectivity index is 1.84. The van der Waals surface area contributed by atoms with Crippen molar-refractivity contribution in [3.63, 3.8) is 0 Å². The molecule has 0 saturated heterocycles. The van der Waals surface area contributed by atoms with Crippen LogP contribution < -0.4 is 10.5 Å². The maximum atomic E-state index is 5.72. The van der Waals surface area contributed by atoms with Crippen LogP contribution in [-0.4, -0.2) is 21.4 Å². The van der Waals surface area contributed by atoms with E-state index in [1.807, 2.05) is 48.3 Å². The molecule has 100 valence electrons. The molecule has 4 nitrogen and oxygen atoms in total. The van der Waals surface area contributed by atoms with E-state index in [0.717, 1.165) is 24.3 Å². The molecule has 1 aromatic carbocycles. The molecule has 0 radical (unpaired) electrons. The number of rotatable bonds is 6. The van der Waals surface area contributed by atoms with Crippen molar-refractivity contribution in [1.82, 2.24) is 9.78 Å². The molecule has 5 heteroatoms. The van der Waals surface area contributed by atoms with Gasteiger partial charge in [0.25, 0.3) is 0 Å². The van der Waals surface area contributed by atoms with Crippen LogP contribution in [0.1, 0.15) is 17.5 Å². The number of ether oxygens (including phenoxy) is 1. The zero-order valence-electron chi connectivity index (χ0n) is 10.9. The van der Waals surface area contributed by atoms with Crippen molar-refractivity contribution in [3.05, 3.63) is 47.8 Å². The van der Waals surface area contributed by atoms with Gasteiger partial charge in [-0.15, -0.1) is 0 Å². The third-order valence-corrected chi connectivity index (χ3v) is 2.92. The molecule has 0 aliphatic carbocycles. The van der Waals surface area contributed by atoms with Crippen LogP contribution in [-0.2, 0) is 6.54 Å². The van der Waals surface area contributed by atoms with Crippen LogP contribution in [0.25, 0.3) is 0 Å². The first kappa shape index (κ1) is 13.5. The average Bonchev–Trinajstić information content (AvgIpc) is 2.81. The predicted molar refractivity (Wildman–Crippen MR) is 79.4 cm³/mol. The summed E-state index contributed by atoms with van der Waals surface area (Å²) in [6, 6.07) is 7.56. The van der Waals surface area contributed by atoms with Gasteiger partial charge in [0.2, 0.25) is 0 Å². The lowest BCUT2D eigenvalue weighted by Crippen LogP contribution is -2.12. The number of benzene rings is 1. The van der Waals surface area contributed by atoms with Crippen LogP contribution in [0.4, 0.5) is 0 Å². The van der Waals surface area contributed by atoms with Crippen LogP contribution in [0.3, 0.4) is 0 Å². The molecule has 2 N–H and O–H groups in total. The van der Waals surface area contributed by atoms with E-state index in [9.17, 15) is 0 Å². The zero-order valence-corrected chi connectivity index (χ0v) is 11.7. The van der Waals surface area contributed by atoms with Gasteiger partial charge in [-0.05, 0) is 24.6 Å². The molecule has 0 amide bonds. The fourth-order valence-corrected chi connectivity index (χ4v) is 1.96. The lowest BCUT2D eigenvalue weighted by molar-refractivity contribution is 0.298. The van der Waals surface area contributed by atoms with Crippen molar-refractivity contribution in [2.75, 3.05) is 6.61 Å². The first-order chi connectivity index (χ1) is 9.16. The topological polar surface area (TPSA) is 53.1 Å². The molecule has 0 atom stereocenters. The largest absolute Gasteiger partial charge is 0.493 e. The Morgan fingerprint density at radius 3 is 2.89 bits per heavy atom. The lowest BCUT2D eigenvalue weighted by atomic mass is 10.2. The van der Waals surface area contributed by atoms with Crippen molar-refractivity contribution in [2.24, 2.45) is 5.73 Å². The van der Waals surface area contributed by atoms with E-state index in [4.69, 9.17) is 22.7 Å². The van der Waals surface area contributed by atoms with Gasteiger partial charge in [-0.1, -0.05) is 24.4 Å².